The van der Waals surface area contributed by atoms with E-state index >= 15 is 0 Å². The average Bonchev–Trinajstić information content (AvgIpc) is 2.51. The Balaban J connectivity index is 2.02. The summed E-state index contributed by atoms with van der Waals surface area (Å²) < 4.78 is 1.04. The molecule has 3 heteroatoms. The minimum absolute atomic E-state index is 0.0356. The van der Waals surface area contributed by atoms with Gasteiger partial charge in [0.1, 0.15) is 0 Å². The molecule has 1 aliphatic carbocycles. The molecule has 1 aromatic heterocycles. The topological polar surface area (TPSA) is 38.9 Å². The maximum Gasteiger partial charge on any atom is 0.0410 e. The van der Waals surface area contributed by atoms with Crippen LogP contribution < -0.4 is 5.73 Å². The lowest BCUT2D eigenvalue weighted by molar-refractivity contribution is 0.321. The van der Waals surface area contributed by atoms with Crippen LogP contribution in [0.25, 0.3) is 0 Å². The third-order valence-electron chi connectivity index (χ3n) is 4.52. The van der Waals surface area contributed by atoms with Gasteiger partial charge in [0.05, 0.1) is 0 Å². The Labute approximate surface area is 125 Å². The molecule has 1 aliphatic rings. The Morgan fingerprint density at radius 1 is 1.37 bits per heavy atom. The van der Waals surface area contributed by atoms with E-state index in [1.165, 1.54) is 24.8 Å². The van der Waals surface area contributed by atoms with Gasteiger partial charge in [0.15, 0.2) is 0 Å². The molecule has 1 aromatic rings. The first-order valence-electron chi connectivity index (χ1n) is 7.37. The van der Waals surface area contributed by atoms with E-state index < -0.39 is 0 Å². The fourth-order valence-electron chi connectivity index (χ4n) is 3.26. The van der Waals surface area contributed by atoms with Crippen molar-refractivity contribution in [2.45, 2.75) is 57.9 Å². The first-order valence-corrected chi connectivity index (χ1v) is 8.16. The van der Waals surface area contributed by atoms with E-state index in [2.05, 4.69) is 40.8 Å². The fraction of sp³-hybridized carbons (Fsp3) is 0.688. The van der Waals surface area contributed by atoms with Gasteiger partial charge in [0.25, 0.3) is 0 Å². The predicted octanol–water partition coefficient (Wildman–Crippen LogP) is 4.32. The van der Waals surface area contributed by atoms with Crippen molar-refractivity contribution < 1.29 is 0 Å². The lowest BCUT2D eigenvalue weighted by Crippen LogP contribution is -2.41. The van der Waals surface area contributed by atoms with Gasteiger partial charge in [0, 0.05) is 22.4 Å². The summed E-state index contributed by atoms with van der Waals surface area (Å²) in [6.07, 6.45) is 10.9. The van der Waals surface area contributed by atoms with Gasteiger partial charge in [-0.15, -0.1) is 0 Å². The molecule has 19 heavy (non-hydrogen) atoms. The highest BCUT2D eigenvalue weighted by Crippen LogP contribution is 2.34. The Kier molecular flexibility index (Phi) is 5.02. The number of aromatic nitrogens is 1. The number of nitrogens with two attached hydrogens (primary N) is 1. The van der Waals surface area contributed by atoms with Gasteiger partial charge in [-0.05, 0) is 65.1 Å². The highest BCUT2D eigenvalue weighted by molar-refractivity contribution is 9.10. The van der Waals surface area contributed by atoms with E-state index in [-0.39, 0.29) is 5.54 Å². The maximum atomic E-state index is 6.66. The summed E-state index contributed by atoms with van der Waals surface area (Å²) in [5.41, 5.74) is 7.87. The van der Waals surface area contributed by atoms with Crippen LogP contribution in [0, 0.1) is 11.8 Å². The van der Waals surface area contributed by atoms with Crippen molar-refractivity contribution in [2.75, 3.05) is 0 Å². The van der Waals surface area contributed by atoms with E-state index in [4.69, 9.17) is 5.73 Å². The van der Waals surface area contributed by atoms with Crippen molar-refractivity contribution in [1.29, 1.82) is 0 Å². The molecule has 1 heterocycles. The molecular formula is C16H25BrN2. The molecule has 0 bridgehead atoms. The largest absolute Gasteiger partial charge is 0.325 e. The monoisotopic (exact) mass is 324 g/mol. The zero-order valence-corrected chi connectivity index (χ0v) is 13.6. The molecule has 0 aromatic carbocycles. The summed E-state index contributed by atoms with van der Waals surface area (Å²) in [5, 5.41) is 0. The van der Waals surface area contributed by atoms with Crippen molar-refractivity contribution in [3.63, 3.8) is 0 Å². The molecule has 1 saturated carbocycles. The first-order chi connectivity index (χ1) is 8.98. The SMILES string of the molecule is CC(C)C1CCCC(N)(Cc2cncc(Br)c2)CC1. The molecule has 1 fully saturated rings. The Morgan fingerprint density at radius 3 is 2.84 bits per heavy atom. The molecule has 0 amide bonds. The minimum Gasteiger partial charge on any atom is -0.325 e. The quantitative estimate of drug-likeness (QED) is 0.841. The molecular weight excluding hydrogens is 300 g/mol. The van der Waals surface area contributed by atoms with Gasteiger partial charge in [0.2, 0.25) is 0 Å². The molecule has 2 atom stereocenters. The lowest BCUT2D eigenvalue weighted by atomic mass is 9.84. The molecule has 106 valence electrons. The standard InChI is InChI=1S/C16H25BrN2/c1-12(2)14-4-3-6-16(18,7-5-14)9-13-8-15(17)11-19-10-13/h8,10-12,14H,3-7,9,18H2,1-2H3. The minimum atomic E-state index is -0.0356. The second-order valence-corrected chi connectivity index (χ2v) is 7.40. The average molecular weight is 325 g/mol. The van der Waals surface area contributed by atoms with Crippen LogP contribution >= 0.6 is 15.9 Å². The second-order valence-electron chi connectivity index (χ2n) is 6.49. The first kappa shape index (κ1) is 15.0. The van der Waals surface area contributed by atoms with Crippen molar-refractivity contribution in [3.8, 4) is 0 Å². The van der Waals surface area contributed by atoms with Crippen molar-refractivity contribution in [2.24, 2.45) is 17.6 Å². The zero-order valence-electron chi connectivity index (χ0n) is 12.0. The normalized spacial score (nSPS) is 28.4. The van der Waals surface area contributed by atoms with Gasteiger partial charge in [-0.2, -0.15) is 0 Å². The Morgan fingerprint density at radius 2 is 2.16 bits per heavy atom. The van der Waals surface area contributed by atoms with Crippen LogP contribution in [0.5, 0.6) is 0 Å². The summed E-state index contributed by atoms with van der Waals surface area (Å²) >= 11 is 3.49. The van der Waals surface area contributed by atoms with Gasteiger partial charge in [-0.1, -0.05) is 26.7 Å². The lowest BCUT2D eigenvalue weighted by Gasteiger charge is -2.28. The third kappa shape index (κ3) is 4.28. The van der Waals surface area contributed by atoms with Gasteiger partial charge >= 0.3 is 0 Å². The van der Waals surface area contributed by atoms with Crippen molar-refractivity contribution >= 4 is 15.9 Å². The molecule has 2 nitrogen and oxygen atoms in total. The Hall–Kier alpha value is -0.410. The zero-order chi connectivity index (χ0) is 13.9. The van der Waals surface area contributed by atoms with E-state index in [9.17, 15) is 0 Å². The number of hydrogen-bond donors (Lipinski definition) is 1. The van der Waals surface area contributed by atoms with Crippen LogP contribution in [0.1, 0.15) is 51.5 Å². The summed E-state index contributed by atoms with van der Waals surface area (Å²) in [6.45, 7) is 4.68. The van der Waals surface area contributed by atoms with Crippen molar-refractivity contribution in [3.05, 3.63) is 28.5 Å². The molecule has 0 aliphatic heterocycles. The molecule has 2 unspecified atom stereocenters. The fourth-order valence-corrected chi connectivity index (χ4v) is 3.67. The maximum absolute atomic E-state index is 6.66. The van der Waals surface area contributed by atoms with Crippen LogP contribution in [0.2, 0.25) is 0 Å². The van der Waals surface area contributed by atoms with Crippen LogP contribution in [-0.2, 0) is 6.42 Å². The van der Waals surface area contributed by atoms with Crippen LogP contribution in [0.3, 0.4) is 0 Å². The summed E-state index contributed by atoms with van der Waals surface area (Å²) in [7, 11) is 0. The van der Waals surface area contributed by atoms with E-state index in [0.29, 0.717) is 0 Å². The van der Waals surface area contributed by atoms with E-state index in [0.717, 1.165) is 35.6 Å². The number of pyridine rings is 1. The van der Waals surface area contributed by atoms with Gasteiger partial charge < -0.3 is 5.73 Å². The highest BCUT2D eigenvalue weighted by atomic mass is 79.9. The van der Waals surface area contributed by atoms with Crippen LogP contribution in [-0.4, -0.2) is 10.5 Å². The second kappa shape index (κ2) is 6.36. The van der Waals surface area contributed by atoms with Gasteiger partial charge in [-0.3, -0.25) is 4.98 Å². The van der Waals surface area contributed by atoms with E-state index in [1.807, 2.05) is 12.4 Å². The molecule has 2 rings (SSSR count). The van der Waals surface area contributed by atoms with E-state index in [1.54, 1.807) is 0 Å². The smallest absolute Gasteiger partial charge is 0.0410 e. The number of hydrogen-bond acceptors (Lipinski definition) is 2. The van der Waals surface area contributed by atoms with Crippen LogP contribution in [0.15, 0.2) is 22.9 Å². The van der Waals surface area contributed by atoms with Gasteiger partial charge in [-0.25, -0.2) is 0 Å². The molecule has 0 spiro atoms. The summed E-state index contributed by atoms with van der Waals surface area (Å²) in [6, 6.07) is 2.15. The number of nitrogens with zero attached hydrogens (tertiary/aromatic N) is 1. The predicted molar refractivity (Wildman–Crippen MR) is 84.0 cm³/mol. The highest BCUT2D eigenvalue weighted by Gasteiger charge is 2.30. The molecule has 0 radical (unpaired) electrons. The summed E-state index contributed by atoms with van der Waals surface area (Å²) in [5.74, 6) is 1.64. The third-order valence-corrected chi connectivity index (χ3v) is 4.96. The number of halogens is 1. The number of rotatable bonds is 3. The molecule has 0 saturated heterocycles. The van der Waals surface area contributed by atoms with Crippen molar-refractivity contribution in [1.82, 2.24) is 4.98 Å². The Bertz CT molecular complexity index is 419. The summed E-state index contributed by atoms with van der Waals surface area (Å²) in [4.78, 5) is 4.25. The molecule has 2 N–H and O–H groups in total. The van der Waals surface area contributed by atoms with Crippen LogP contribution in [0.4, 0.5) is 0 Å².